The fourth-order valence-corrected chi connectivity index (χ4v) is 2.54. The van der Waals surface area contributed by atoms with Crippen LogP contribution in [0.2, 0.25) is 5.02 Å². The van der Waals surface area contributed by atoms with E-state index in [2.05, 4.69) is 10.2 Å². The lowest BCUT2D eigenvalue weighted by molar-refractivity contribution is -0.120. The number of halogens is 1. The van der Waals surface area contributed by atoms with Crippen LogP contribution in [0.1, 0.15) is 19.8 Å². The van der Waals surface area contributed by atoms with Gasteiger partial charge in [-0.05, 0) is 51.1 Å². The number of carbonyl (C=O) groups excluding carboxylic acids is 1. The van der Waals surface area contributed by atoms with Gasteiger partial charge in [-0.25, -0.2) is 0 Å². The summed E-state index contributed by atoms with van der Waals surface area (Å²) in [6.07, 6.45) is 2.35. The van der Waals surface area contributed by atoms with Gasteiger partial charge in [-0.3, -0.25) is 9.69 Å². The number of hydrogen-bond acceptors (Lipinski definition) is 3. The largest absolute Gasteiger partial charge is 0.495 e. The predicted molar refractivity (Wildman–Crippen MR) is 76.9 cm³/mol. The van der Waals surface area contributed by atoms with Gasteiger partial charge in [0.25, 0.3) is 0 Å². The molecule has 1 heterocycles. The number of carbonyl (C=O) groups is 1. The van der Waals surface area contributed by atoms with Crippen molar-refractivity contribution in [2.24, 2.45) is 0 Å². The molecule has 19 heavy (non-hydrogen) atoms. The topological polar surface area (TPSA) is 41.6 Å². The fraction of sp³-hybridized carbons (Fsp3) is 0.500. The van der Waals surface area contributed by atoms with Crippen LogP contribution in [-0.4, -0.2) is 37.0 Å². The van der Waals surface area contributed by atoms with Gasteiger partial charge in [-0.2, -0.15) is 0 Å². The van der Waals surface area contributed by atoms with Crippen LogP contribution in [0, 0.1) is 0 Å². The number of nitrogens with zero attached hydrogens (tertiary/aromatic N) is 1. The summed E-state index contributed by atoms with van der Waals surface area (Å²) < 4.78 is 5.08. The maximum absolute atomic E-state index is 12.1. The molecule has 2 rings (SSSR count). The summed E-state index contributed by atoms with van der Waals surface area (Å²) >= 11 is 6.03. The fourth-order valence-electron chi connectivity index (χ4n) is 2.29. The monoisotopic (exact) mass is 282 g/mol. The summed E-state index contributed by atoms with van der Waals surface area (Å²) in [4.78, 5) is 14.3. The number of hydrogen-bond donors (Lipinski definition) is 1. The molecule has 0 aliphatic carbocycles. The number of ether oxygens (including phenoxy) is 1. The van der Waals surface area contributed by atoms with Gasteiger partial charge in [0.15, 0.2) is 0 Å². The Morgan fingerprint density at radius 3 is 2.68 bits per heavy atom. The Balaban J connectivity index is 2.00. The van der Waals surface area contributed by atoms with Crippen LogP contribution in [0.5, 0.6) is 5.75 Å². The SMILES string of the molecule is COc1ccc(NC(=O)[C@H](C)N2CCCC2)cc1Cl. The standard InChI is InChI=1S/C14H19ClN2O2/c1-10(17-7-3-4-8-17)14(18)16-11-5-6-13(19-2)12(15)9-11/h5-6,9-10H,3-4,7-8H2,1-2H3,(H,16,18)/t10-/m0/s1. The van der Waals surface area contributed by atoms with Gasteiger partial charge in [-0.1, -0.05) is 11.6 Å². The molecule has 0 bridgehead atoms. The van der Waals surface area contributed by atoms with Crippen molar-refractivity contribution in [1.29, 1.82) is 0 Å². The molecule has 1 aliphatic heterocycles. The Labute approximate surface area is 118 Å². The highest BCUT2D eigenvalue weighted by Gasteiger charge is 2.23. The molecular formula is C14H19ClN2O2. The molecular weight excluding hydrogens is 264 g/mol. The smallest absolute Gasteiger partial charge is 0.241 e. The van der Waals surface area contributed by atoms with Crippen molar-refractivity contribution in [2.75, 3.05) is 25.5 Å². The lowest BCUT2D eigenvalue weighted by atomic mass is 10.2. The normalized spacial score (nSPS) is 17.2. The second kappa shape index (κ2) is 6.26. The Hall–Kier alpha value is -1.26. The van der Waals surface area contributed by atoms with Crippen molar-refractivity contribution in [3.8, 4) is 5.75 Å². The predicted octanol–water partition coefficient (Wildman–Crippen LogP) is 2.77. The quantitative estimate of drug-likeness (QED) is 0.923. The minimum atomic E-state index is -0.108. The molecule has 1 amide bonds. The van der Waals surface area contributed by atoms with Crippen LogP contribution in [0.15, 0.2) is 18.2 Å². The first-order chi connectivity index (χ1) is 9.11. The van der Waals surface area contributed by atoms with E-state index >= 15 is 0 Å². The van der Waals surface area contributed by atoms with Crippen molar-refractivity contribution in [1.82, 2.24) is 4.90 Å². The summed E-state index contributed by atoms with van der Waals surface area (Å²) in [6, 6.07) is 5.13. The number of amides is 1. The molecule has 1 atom stereocenters. The van der Waals surface area contributed by atoms with Gasteiger partial charge < -0.3 is 10.1 Å². The molecule has 5 heteroatoms. The zero-order valence-corrected chi connectivity index (χ0v) is 12.0. The average molecular weight is 283 g/mol. The van der Waals surface area contributed by atoms with Crippen LogP contribution in [0.3, 0.4) is 0 Å². The van der Waals surface area contributed by atoms with E-state index in [0.29, 0.717) is 16.5 Å². The Kier molecular flexibility index (Phi) is 4.66. The Morgan fingerprint density at radius 1 is 1.42 bits per heavy atom. The van der Waals surface area contributed by atoms with Crippen molar-refractivity contribution >= 4 is 23.2 Å². The van der Waals surface area contributed by atoms with E-state index in [0.717, 1.165) is 13.1 Å². The van der Waals surface area contributed by atoms with E-state index in [-0.39, 0.29) is 11.9 Å². The highest BCUT2D eigenvalue weighted by molar-refractivity contribution is 6.32. The van der Waals surface area contributed by atoms with Gasteiger partial charge in [0.05, 0.1) is 18.2 Å². The minimum absolute atomic E-state index is 0.00290. The maximum atomic E-state index is 12.1. The van der Waals surface area contributed by atoms with Crippen molar-refractivity contribution in [3.05, 3.63) is 23.2 Å². The Bertz CT molecular complexity index is 459. The van der Waals surface area contributed by atoms with Gasteiger partial charge in [0.1, 0.15) is 5.75 Å². The molecule has 1 N–H and O–H groups in total. The third-order valence-electron chi connectivity index (χ3n) is 3.49. The summed E-state index contributed by atoms with van der Waals surface area (Å²) in [7, 11) is 1.56. The average Bonchev–Trinajstić information content (AvgIpc) is 2.92. The van der Waals surface area contributed by atoms with Gasteiger partial charge >= 0.3 is 0 Å². The highest BCUT2D eigenvalue weighted by Crippen LogP contribution is 2.27. The molecule has 0 unspecified atom stereocenters. The van der Waals surface area contributed by atoms with Crippen LogP contribution in [0.4, 0.5) is 5.69 Å². The van der Waals surface area contributed by atoms with Gasteiger partial charge in [0, 0.05) is 5.69 Å². The van der Waals surface area contributed by atoms with E-state index in [4.69, 9.17) is 16.3 Å². The van der Waals surface area contributed by atoms with Crippen molar-refractivity contribution < 1.29 is 9.53 Å². The summed E-state index contributed by atoms with van der Waals surface area (Å²) in [5.74, 6) is 0.607. The number of methoxy groups -OCH3 is 1. The molecule has 1 aliphatic rings. The molecule has 1 fully saturated rings. The van der Waals surface area contributed by atoms with E-state index < -0.39 is 0 Å². The molecule has 1 saturated heterocycles. The number of rotatable bonds is 4. The molecule has 104 valence electrons. The number of nitrogens with one attached hydrogen (secondary N) is 1. The molecule has 0 saturated carbocycles. The third-order valence-corrected chi connectivity index (χ3v) is 3.78. The van der Waals surface area contributed by atoms with E-state index in [1.807, 2.05) is 6.92 Å². The molecule has 0 aromatic heterocycles. The lowest BCUT2D eigenvalue weighted by Gasteiger charge is -2.22. The number of benzene rings is 1. The summed E-state index contributed by atoms with van der Waals surface area (Å²) in [6.45, 7) is 3.93. The zero-order valence-electron chi connectivity index (χ0n) is 11.3. The zero-order chi connectivity index (χ0) is 13.8. The molecule has 0 radical (unpaired) electrons. The van der Waals surface area contributed by atoms with Crippen LogP contribution < -0.4 is 10.1 Å². The summed E-state index contributed by atoms with van der Waals surface area (Å²) in [5.41, 5.74) is 0.696. The molecule has 1 aromatic rings. The van der Waals surface area contributed by atoms with Crippen LogP contribution in [0.25, 0.3) is 0 Å². The van der Waals surface area contributed by atoms with Crippen LogP contribution >= 0.6 is 11.6 Å². The second-order valence-corrected chi connectivity index (χ2v) is 5.16. The van der Waals surface area contributed by atoms with Crippen molar-refractivity contribution in [2.45, 2.75) is 25.8 Å². The lowest BCUT2D eigenvalue weighted by Crippen LogP contribution is -2.40. The number of anilines is 1. The molecule has 0 spiro atoms. The highest BCUT2D eigenvalue weighted by atomic mass is 35.5. The summed E-state index contributed by atoms with van der Waals surface area (Å²) in [5, 5.41) is 3.38. The van der Waals surface area contributed by atoms with Gasteiger partial charge in [0.2, 0.25) is 5.91 Å². The third kappa shape index (κ3) is 3.39. The van der Waals surface area contributed by atoms with Crippen LogP contribution in [-0.2, 0) is 4.79 Å². The number of likely N-dealkylation sites (tertiary alicyclic amines) is 1. The Morgan fingerprint density at radius 2 is 2.11 bits per heavy atom. The van der Waals surface area contributed by atoms with Crippen molar-refractivity contribution in [3.63, 3.8) is 0 Å². The molecule has 4 nitrogen and oxygen atoms in total. The minimum Gasteiger partial charge on any atom is -0.495 e. The van der Waals surface area contributed by atoms with E-state index in [1.165, 1.54) is 12.8 Å². The van der Waals surface area contributed by atoms with E-state index in [1.54, 1.807) is 25.3 Å². The molecule has 1 aromatic carbocycles. The first-order valence-electron chi connectivity index (χ1n) is 6.50. The first-order valence-corrected chi connectivity index (χ1v) is 6.88. The maximum Gasteiger partial charge on any atom is 0.241 e. The van der Waals surface area contributed by atoms with E-state index in [9.17, 15) is 4.79 Å². The first kappa shape index (κ1) is 14.2. The van der Waals surface area contributed by atoms with Gasteiger partial charge in [-0.15, -0.1) is 0 Å². The second-order valence-electron chi connectivity index (χ2n) is 4.76.